The third kappa shape index (κ3) is 11.4. The molecule has 0 aliphatic carbocycles. The Morgan fingerprint density at radius 1 is 0.694 bits per heavy atom. The summed E-state index contributed by atoms with van der Waals surface area (Å²) in [5.74, 6) is 0.492. The molecule has 0 bridgehead atoms. The van der Waals surface area contributed by atoms with Crippen LogP contribution in [-0.4, -0.2) is 15.3 Å². The lowest BCUT2D eigenvalue weighted by atomic mass is 9.87. The molecule has 0 aliphatic heterocycles. The van der Waals surface area contributed by atoms with E-state index >= 15 is 0 Å². The molecule has 2 rings (SSSR count). The Bertz CT molecular complexity index is 781. The molecule has 1 heterocycles. The minimum atomic E-state index is 0.0549. The number of imidazole rings is 1. The van der Waals surface area contributed by atoms with E-state index in [-0.39, 0.29) is 5.92 Å². The first kappa shape index (κ1) is 30.3. The van der Waals surface area contributed by atoms with Crippen LogP contribution >= 0.6 is 0 Å². The third-order valence-electron chi connectivity index (χ3n) is 7.66. The fourth-order valence-electron chi connectivity index (χ4n) is 5.46. The summed E-state index contributed by atoms with van der Waals surface area (Å²) in [5, 5.41) is 0. The number of nitrogens with zero attached hydrogens (tertiary/aromatic N) is 2. The number of rotatable bonds is 22. The van der Waals surface area contributed by atoms with Crippen molar-refractivity contribution in [3.05, 3.63) is 54.1 Å². The maximum absolute atomic E-state index is 13.1. The smallest absolute Gasteiger partial charge is 0.140 e. The van der Waals surface area contributed by atoms with E-state index in [9.17, 15) is 4.79 Å². The molecule has 0 fully saturated rings. The second kappa shape index (κ2) is 19.2. The van der Waals surface area contributed by atoms with Crippen LogP contribution in [0.25, 0.3) is 0 Å². The summed E-state index contributed by atoms with van der Waals surface area (Å²) in [6.07, 6.45) is 28.2. The van der Waals surface area contributed by atoms with Gasteiger partial charge in [-0.15, -0.1) is 0 Å². The molecular weight excluding hydrogens is 440 g/mol. The fourth-order valence-corrected chi connectivity index (χ4v) is 5.46. The van der Waals surface area contributed by atoms with Gasteiger partial charge < -0.3 is 4.57 Å². The van der Waals surface area contributed by atoms with E-state index in [1.165, 1.54) is 88.2 Å². The molecule has 0 saturated heterocycles. The summed E-state index contributed by atoms with van der Waals surface area (Å²) in [4.78, 5) is 17.4. The minimum absolute atomic E-state index is 0.0549. The van der Waals surface area contributed by atoms with Crippen molar-refractivity contribution in [2.45, 2.75) is 148 Å². The normalized spacial score (nSPS) is 13.1. The Kier molecular flexibility index (Phi) is 16.2. The molecule has 1 aromatic carbocycles. The van der Waals surface area contributed by atoms with E-state index in [1.807, 2.05) is 18.7 Å². The van der Waals surface area contributed by atoms with Crippen molar-refractivity contribution in [3.8, 4) is 0 Å². The lowest BCUT2D eigenvalue weighted by Gasteiger charge is -2.20. The zero-order valence-electron chi connectivity index (χ0n) is 23.7. The van der Waals surface area contributed by atoms with E-state index in [1.54, 1.807) is 0 Å². The molecule has 2 unspecified atom stereocenters. The SMILES string of the molecule is CCCCCCCCCCCCCCCC(=O)C(CCC)c1ccc(C(CCC)n2ccnc2)cc1. The van der Waals surface area contributed by atoms with E-state index in [0.29, 0.717) is 11.8 Å². The van der Waals surface area contributed by atoms with E-state index in [4.69, 9.17) is 0 Å². The van der Waals surface area contributed by atoms with Gasteiger partial charge in [-0.1, -0.05) is 135 Å². The van der Waals surface area contributed by atoms with Crippen LogP contribution in [0.3, 0.4) is 0 Å². The monoisotopic (exact) mass is 494 g/mol. The van der Waals surface area contributed by atoms with Gasteiger partial charge in [-0.3, -0.25) is 4.79 Å². The largest absolute Gasteiger partial charge is 0.330 e. The molecule has 0 amide bonds. The van der Waals surface area contributed by atoms with Crippen molar-refractivity contribution < 1.29 is 4.79 Å². The molecule has 202 valence electrons. The van der Waals surface area contributed by atoms with Crippen molar-refractivity contribution in [2.75, 3.05) is 0 Å². The van der Waals surface area contributed by atoms with Crippen molar-refractivity contribution in [2.24, 2.45) is 0 Å². The summed E-state index contributed by atoms with van der Waals surface area (Å²) >= 11 is 0. The fraction of sp³-hybridized carbons (Fsp3) is 0.697. The van der Waals surface area contributed by atoms with E-state index in [2.05, 4.69) is 54.6 Å². The van der Waals surface area contributed by atoms with Crippen LogP contribution in [0, 0.1) is 0 Å². The Morgan fingerprint density at radius 3 is 1.72 bits per heavy atom. The third-order valence-corrected chi connectivity index (χ3v) is 7.66. The first-order chi connectivity index (χ1) is 17.7. The summed E-state index contributed by atoms with van der Waals surface area (Å²) < 4.78 is 2.20. The molecule has 1 aromatic heterocycles. The number of ketones is 1. The van der Waals surface area contributed by atoms with Gasteiger partial charge in [-0.25, -0.2) is 4.98 Å². The van der Waals surface area contributed by atoms with Crippen LogP contribution in [0.2, 0.25) is 0 Å². The highest BCUT2D eigenvalue weighted by Gasteiger charge is 2.20. The Morgan fingerprint density at radius 2 is 1.22 bits per heavy atom. The van der Waals surface area contributed by atoms with Gasteiger partial charge in [0.05, 0.1) is 12.4 Å². The second-order valence-corrected chi connectivity index (χ2v) is 10.8. The molecule has 0 N–H and O–H groups in total. The van der Waals surface area contributed by atoms with Gasteiger partial charge in [0.15, 0.2) is 0 Å². The molecule has 0 radical (unpaired) electrons. The molecular formula is C33H54N2O. The number of aromatic nitrogens is 2. The number of carbonyl (C=O) groups excluding carboxylic acids is 1. The average molecular weight is 495 g/mol. The molecule has 3 heteroatoms. The van der Waals surface area contributed by atoms with Crippen LogP contribution in [-0.2, 0) is 4.79 Å². The van der Waals surface area contributed by atoms with Gasteiger partial charge in [0.1, 0.15) is 5.78 Å². The number of hydrogen-bond acceptors (Lipinski definition) is 2. The van der Waals surface area contributed by atoms with Gasteiger partial charge in [0.2, 0.25) is 0 Å². The summed E-state index contributed by atoms with van der Waals surface area (Å²) in [6.45, 7) is 6.70. The standard InChI is InChI=1S/C33H54N2O/c1-4-7-8-9-10-11-12-13-14-15-16-17-18-21-33(36)31(19-5-2)29-22-24-30(25-23-29)32(20-6-3)35-27-26-34-28-35/h22-28,31-32H,4-21H2,1-3H3. The molecule has 2 aromatic rings. The number of unbranched alkanes of at least 4 members (excludes halogenated alkanes) is 12. The van der Waals surface area contributed by atoms with E-state index < -0.39 is 0 Å². The lowest BCUT2D eigenvalue weighted by molar-refractivity contribution is -0.120. The van der Waals surface area contributed by atoms with Crippen LogP contribution in [0.4, 0.5) is 0 Å². The molecule has 0 saturated carbocycles. The molecule has 0 spiro atoms. The van der Waals surface area contributed by atoms with Gasteiger partial charge in [-0.2, -0.15) is 0 Å². The van der Waals surface area contributed by atoms with Crippen molar-refractivity contribution in [3.63, 3.8) is 0 Å². The van der Waals surface area contributed by atoms with Crippen molar-refractivity contribution in [1.29, 1.82) is 0 Å². The highest BCUT2D eigenvalue weighted by atomic mass is 16.1. The first-order valence-corrected chi connectivity index (χ1v) is 15.3. The van der Waals surface area contributed by atoms with Gasteiger partial charge >= 0.3 is 0 Å². The van der Waals surface area contributed by atoms with Gasteiger partial charge in [0.25, 0.3) is 0 Å². The van der Waals surface area contributed by atoms with E-state index in [0.717, 1.165) is 38.5 Å². The molecule has 2 atom stereocenters. The van der Waals surface area contributed by atoms with Crippen LogP contribution in [0.15, 0.2) is 43.0 Å². The first-order valence-electron chi connectivity index (χ1n) is 15.3. The maximum atomic E-state index is 13.1. The Balaban J connectivity index is 1.70. The van der Waals surface area contributed by atoms with Crippen LogP contribution in [0.5, 0.6) is 0 Å². The highest BCUT2D eigenvalue weighted by Crippen LogP contribution is 2.29. The molecule has 3 nitrogen and oxygen atoms in total. The maximum Gasteiger partial charge on any atom is 0.140 e. The zero-order valence-corrected chi connectivity index (χ0v) is 23.7. The van der Waals surface area contributed by atoms with Crippen molar-refractivity contribution in [1.82, 2.24) is 9.55 Å². The van der Waals surface area contributed by atoms with Gasteiger partial charge in [-0.05, 0) is 30.4 Å². The Hall–Kier alpha value is -1.90. The topological polar surface area (TPSA) is 34.9 Å². The summed E-state index contributed by atoms with van der Waals surface area (Å²) in [5.41, 5.74) is 2.50. The number of hydrogen-bond donors (Lipinski definition) is 0. The average Bonchev–Trinajstić information content (AvgIpc) is 3.43. The molecule has 36 heavy (non-hydrogen) atoms. The summed E-state index contributed by atoms with van der Waals surface area (Å²) in [6, 6.07) is 9.19. The quantitative estimate of drug-likeness (QED) is 0.153. The van der Waals surface area contributed by atoms with Crippen LogP contribution < -0.4 is 0 Å². The predicted molar refractivity (Wildman–Crippen MR) is 155 cm³/mol. The molecule has 0 aliphatic rings. The van der Waals surface area contributed by atoms with Crippen LogP contribution in [0.1, 0.15) is 159 Å². The predicted octanol–water partition coefficient (Wildman–Crippen LogP) is 10.2. The zero-order chi connectivity index (χ0) is 25.8. The number of benzene rings is 1. The highest BCUT2D eigenvalue weighted by molar-refractivity contribution is 5.85. The number of Topliss-reactive ketones (excluding diaryl/α,β-unsaturated/α-hetero) is 1. The minimum Gasteiger partial charge on any atom is -0.330 e. The Labute approximate surface area is 222 Å². The van der Waals surface area contributed by atoms with Crippen molar-refractivity contribution >= 4 is 5.78 Å². The lowest BCUT2D eigenvalue weighted by Crippen LogP contribution is -2.13. The summed E-state index contributed by atoms with van der Waals surface area (Å²) in [7, 11) is 0. The second-order valence-electron chi connectivity index (χ2n) is 10.8. The number of carbonyl (C=O) groups is 1. The van der Waals surface area contributed by atoms with Gasteiger partial charge in [0, 0.05) is 24.7 Å².